The Morgan fingerprint density at radius 2 is 1.89 bits per heavy atom. The van der Waals surface area contributed by atoms with Crippen molar-refractivity contribution < 1.29 is 9.59 Å². The maximum absolute atomic E-state index is 12.1. The third-order valence-electron chi connectivity index (χ3n) is 4.66. The summed E-state index contributed by atoms with van der Waals surface area (Å²) < 4.78 is 0. The number of hydrogen-bond acceptors (Lipinski definition) is 4. The first kappa shape index (κ1) is 19.4. The lowest BCUT2D eigenvalue weighted by atomic mass is 9.96. The fourth-order valence-electron chi connectivity index (χ4n) is 3.14. The molecule has 0 saturated heterocycles. The van der Waals surface area contributed by atoms with Crippen LogP contribution < -0.4 is 16.0 Å². The normalized spacial score (nSPS) is 14.6. The van der Waals surface area contributed by atoms with Crippen LogP contribution >= 0.6 is 11.3 Å². The summed E-state index contributed by atoms with van der Waals surface area (Å²) in [5, 5.41) is 11.0. The van der Waals surface area contributed by atoms with Crippen molar-refractivity contribution in [2.24, 2.45) is 0 Å². The Kier molecular flexibility index (Phi) is 6.81. The van der Waals surface area contributed by atoms with Gasteiger partial charge in [0.05, 0.1) is 12.1 Å². The number of carbonyl (C=O) groups excluding carboxylic acids is 2. The van der Waals surface area contributed by atoms with E-state index < -0.39 is 0 Å². The van der Waals surface area contributed by atoms with Gasteiger partial charge in [0.1, 0.15) is 0 Å². The summed E-state index contributed by atoms with van der Waals surface area (Å²) in [6.45, 7) is 2.53. The van der Waals surface area contributed by atoms with Gasteiger partial charge in [-0.3, -0.25) is 10.1 Å². The Morgan fingerprint density at radius 1 is 1.15 bits per heavy atom. The summed E-state index contributed by atoms with van der Waals surface area (Å²) in [7, 11) is 0. The second-order valence-corrected chi connectivity index (χ2v) is 7.87. The van der Waals surface area contributed by atoms with E-state index in [0.717, 1.165) is 18.4 Å². The predicted octanol–water partition coefficient (Wildman–Crippen LogP) is 3.76. The minimum Gasteiger partial charge on any atom is -0.352 e. The van der Waals surface area contributed by atoms with Gasteiger partial charge in [0.2, 0.25) is 5.91 Å². The van der Waals surface area contributed by atoms with E-state index in [9.17, 15) is 9.59 Å². The number of nitrogens with one attached hydrogen (secondary N) is 3. The van der Waals surface area contributed by atoms with Gasteiger partial charge >= 0.3 is 6.03 Å². The zero-order valence-corrected chi connectivity index (χ0v) is 16.4. The summed E-state index contributed by atoms with van der Waals surface area (Å²) in [5.74, 6) is -0.0842. The second kappa shape index (κ2) is 9.50. The number of hydrogen-bond donors (Lipinski definition) is 3. The van der Waals surface area contributed by atoms with Gasteiger partial charge in [-0.25, -0.2) is 9.78 Å². The Labute approximate surface area is 163 Å². The first-order valence-electron chi connectivity index (χ1n) is 9.42. The number of rotatable bonds is 6. The second-order valence-electron chi connectivity index (χ2n) is 7.02. The van der Waals surface area contributed by atoms with Crippen LogP contribution in [0.1, 0.15) is 48.9 Å². The number of nitrogens with zero attached hydrogens (tertiary/aromatic N) is 1. The van der Waals surface area contributed by atoms with Crippen molar-refractivity contribution in [3.63, 3.8) is 0 Å². The van der Waals surface area contributed by atoms with Crippen molar-refractivity contribution >= 4 is 28.4 Å². The van der Waals surface area contributed by atoms with E-state index in [2.05, 4.69) is 20.9 Å². The smallest absolute Gasteiger partial charge is 0.321 e. The molecule has 0 aliphatic heterocycles. The highest BCUT2D eigenvalue weighted by atomic mass is 32.1. The Bertz CT molecular complexity index is 767. The number of anilines is 1. The molecule has 27 heavy (non-hydrogen) atoms. The average Bonchev–Trinajstić information content (AvgIpc) is 3.08. The fourth-order valence-corrected chi connectivity index (χ4v) is 3.85. The number of aryl methyl sites for hydroxylation is 1. The molecule has 0 radical (unpaired) electrons. The van der Waals surface area contributed by atoms with E-state index in [-0.39, 0.29) is 24.4 Å². The maximum atomic E-state index is 12.1. The molecule has 144 valence electrons. The topological polar surface area (TPSA) is 83.1 Å². The molecule has 1 heterocycles. The molecule has 0 unspecified atom stereocenters. The molecular formula is C20H26N4O2S. The Hall–Kier alpha value is -2.41. The molecular weight excluding hydrogens is 360 g/mol. The monoisotopic (exact) mass is 386 g/mol. The van der Waals surface area contributed by atoms with E-state index in [1.807, 2.05) is 36.6 Å². The molecule has 2 aromatic rings. The zero-order chi connectivity index (χ0) is 19.1. The summed E-state index contributed by atoms with van der Waals surface area (Å²) >= 11 is 1.33. The molecule has 3 rings (SSSR count). The molecule has 1 aliphatic carbocycles. The zero-order valence-electron chi connectivity index (χ0n) is 15.6. The Balaban J connectivity index is 1.42. The molecule has 1 fully saturated rings. The maximum Gasteiger partial charge on any atom is 0.321 e. The third-order valence-corrected chi connectivity index (χ3v) is 5.47. The highest BCUT2D eigenvalue weighted by molar-refractivity contribution is 7.13. The van der Waals surface area contributed by atoms with Crippen LogP contribution in [0.15, 0.2) is 29.6 Å². The van der Waals surface area contributed by atoms with Gasteiger partial charge in [-0.05, 0) is 25.3 Å². The van der Waals surface area contributed by atoms with Crippen LogP contribution in [0, 0.1) is 6.92 Å². The van der Waals surface area contributed by atoms with Crippen LogP contribution in [0.25, 0.3) is 0 Å². The molecule has 0 atom stereocenters. The van der Waals surface area contributed by atoms with E-state index in [1.54, 1.807) is 0 Å². The van der Waals surface area contributed by atoms with E-state index in [0.29, 0.717) is 17.4 Å². The molecule has 3 amide bonds. The van der Waals surface area contributed by atoms with Gasteiger partial charge in [-0.1, -0.05) is 49.1 Å². The molecule has 0 spiro atoms. The molecule has 1 aliphatic rings. The molecule has 1 aromatic heterocycles. The van der Waals surface area contributed by atoms with Crippen molar-refractivity contribution in [3.05, 3.63) is 46.5 Å². The lowest BCUT2D eigenvalue weighted by Gasteiger charge is -2.22. The number of benzene rings is 1. The Morgan fingerprint density at radius 3 is 2.63 bits per heavy atom. The fraction of sp³-hybridized carbons (Fsp3) is 0.450. The van der Waals surface area contributed by atoms with Crippen LogP contribution in [-0.2, 0) is 17.8 Å². The van der Waals surface area contributed by atoms with Gasteiger partial charge in [-0.2, -0.15) is 0 Å². The lowest BCUT2D eigenvalue weighted by Crippen LogP contribution is -2.39. The lowest BCUT2D eigenvalue weighted by molar-refractivity contribution is -0.120. The number of thiazole rings is 1. The van der Waals surface area contributed by atoms with Crippen molar-refractivity contribution in [2.45, 2.75) is 58.0 Å². The number of urea groups is 1. The van der Waals surface area contributed by atoms with Crippen molar-refractivity contribution in [2.75, 3.05) is 5.32 Å². The van der Waals surface area contributed by atoms with Crippen molar-refractivity contribution in [1.29, 1.82) is 0 Å². The summed E-state index contributed by atoms with van der Waals surface area (Å²) in [4.78, 5) is 28.5. The highest BCUT2D eigenvalue weighted by Crippen LogP contribution is 2.19. The molecule has 1 saturated carbocycles. The van der Waals surface area contributed by atoms with E-state index in [4.69, 9.17) is 0 Å². The van der Waals surface area contributed by atoms with Gasteiger partial charge in [0.25, 0.3) is 0 Å². The summed E-state index contributed by atoms with van der Waals surface area (Å²) in [5.41, 5.74) is 2.92. The molecule has 0 bridgehead atoms. The van der Waals surface area contributed by atoms with Crippen LogP contribution in [-0.4, -0.2) is 23.0 Å². The van der Waals surface area contributed by atoms with Crippen molar-refractivity contribution in [3.8, 4) is 0 Å². The quantitative estimate of drug-likeness (QED) is 0.707. The minimum absolute atomic E-state index is 0.0842. The van der Waals surface area contributed by atoms with Crippen LogP contribution in [0.5, 0.6) is 0 Å². The standard InChI is InChI=1S/C20H26N4O2S/c1-14-7-9-15(10-8-14)12-21-18(25)11-17-13-27-20(23-17)24-19(26)22-16-5-3-2-4-6-16/h7-10,13,16H,2-6,11-12H2,1H3,(H,21,25)(H2,22,23,24,26). The number of aromatic nitrogens is 1. The van der Waals surface area contributed by atoms with E-state index >= 15 is 0 Å². The molecule has 7 heteroatoms. The first-order valence-corrected chi connectivity index (χ1v) is 10.3. The first-order chi connectivity index (χ1) is 13.1. The molecule has 6 nitrogen and oxygen atoms in total. The molecule has 1 aromatic carbocycles. The highest BCUT2D eigenvalue weighted by Gasteiger charge is 2.16. The van der Waals surface area contributed by atoms with Crippen LogP contribution in [0.4, 0.5) is 9.93 Å². The summed E-state index contributed by atoms with van der Waals surface area (Å²) in [6.07, 6.45) is 5.87. The van der Waals surface area contributed by atoms with Crippen LogP contribution in [0.3, 0.4) is 0 Å². The number of amides is 3. The van der Waals surface area contributed by atoms with Gasteiger partial charge in [-0.15, -0.1) is 11.3 Å². The number of carbonyl (C=O) groups is 2. The summed E-state index contributed by atoms with van der Waals surface area (Å²) in [6, 6.07) is 8.10. The average molecular weight is 387 g/mol. The SMILES string of the molecule is Cc1ccc(CNC(=O)Cc2csc(NC(=O)NC3CCCCC3)n2)cc1. The van der Waals surface area contributed by atoms with Crippen LogP contribution in [0.2, 0.25) is 0 Å². The largest absolute Gasteiger partial charge is 0.352 e. The predicted molar refractivity (Wildman–Crippen MR) is 108 cm³/mol. The molecule has 3 N–H and O–H groups in total. The van der Waals surface area contributed by atoms with Gasteiger partial charge < -0.3 is 10.6 Å². The van der Waals surface area contributed by atoms with E-state index in [1.165, 1.54) is 36.2 Å². The van der Waals surface area contributed by atoms with Gasteiger partial charge in [0.15, 0.2) is 5.13 Å². The van der Waals surface area contributed by atoms with Gasteiger partial charge in [0, 0.05) is 18.0 Å². The third kappa shape index (κ3) is 6.36. The minimum atomic E-state index is -0.216. The van der Waals surface area contributed by atoms with Crippen molar-refractivity contribution in [1.82, 2.24) is 15.6 Å².